The van der Waals surface area contributed by atoms with Crippen molar-refractivity contribution in [1.29, 1.82) is 0 Å². The summed E-state index contributed by atoms with van der Waals surface area (Å²) in [5, 5.41) is 13.4. The minimum Gasteiger partial charge on any atom is -0.506 e. The predicted molar refractivity (Wildman–Crippen MR) is 81.9 cm³/mol. The third-order valence-corrected chi connectivity index (χ3v) is 3.58. The highest BCUT2D eigenvalue weighted by molar-refractivity contribution is 6.36. The van der Waals surface area contributed by atoms with Crippen molar-refractivity contribution in [3.63, 3.8) is 0 Å². The number of halogens is 3. The van der Waals surface area contributed by atoms with Crippen molar-refractivity contribution in [3.8, 4) is 5.75 Å². The average molecular weight is 331 g/mol. The van der Waals surface area contributed by atoms with E-state index in [1.165, 1.54) is 18.2 Å². The van der Waals surface area contributed by atoms with Gasteiger partial charge in [-0.1, -0.05) is 40.9 Å². The Morgan fingerprint density at radius 2 is 1.75 bits per heavy atom. The van der Waals surface area contributed by atoms with E-state index in [1.54, 1.807) is 18.2 Å². The molecule has 3 nitrogen and oxygen atoms in total. The molecule has 2 aromatic carbocycles. The highest BCUT2D eigenvalue weighted by Gasteiger charge is 2.12. The molecule has 2 N–H and O–H groups in total. The van der Waals surface area contributed by atoms with E-state index in [1.807, 2.05) is 0 Å². The van der Waals surface area contributed by atoms with Crippen molar-refractivity contribution in [1.82, 2.24) is 0 Å². The van der Waals surface area contributed by atoms with Gasteiger partial charge in [-0.15, -0.1) is 0 Å². The summed E-state index contributed by atoms with van der Waals surface area (Å²) in [6, 6.07) is 9.41. The monoisotopic (exact) mass is 329 g/mol. The highest BCUT2D eigenvalue weighted by atomic mass is 35.5. The van der Waals surface area contributed by atoms with Crippen molar-refractivity contribution in [2.45, 2.75) is 6.42 Å². The second-order valence-electron chi connectivity index (χ2n) is 4.09. The van der Waals surface area contributed by atoms with E-state index in [9.17, 15) is 9.90 Å². The molecule has 0 aliphatic carbocycles. The standard InChI is InChI=1S/C14H10Cl3NO2/c15-8-4-5-13(19)12(6-8)18-14(20)7-9-10(16)2-1-3-11(9)17/h1-6,19H,7H2,(H,18,20). The molecule has 0 heterocycles. The molecule has 0 radical (unpaired) electrons. The van der Waals surface area contributed by atoms with Gasteiger partial charge in [-0.3, -0.25) is 4.79 Å². The number of aromatic hydroxyl groups is 1. The molecule has 0 atom stereocenters. The number of hydrogen-bond acceptors (Lipinski definition) is 2. The molecule has 0 bridgehead atoms. The molecule has 0 saturated heterocycles. The summed E-state index contributed by atoms with van der Waals surface area (Å²) in [7, 11) is 0. The number of benzene rings is 2. The average Bonchev–Trinajstić information content (AvgIpc) is 2.38. The van der Waals surface area contributed by atoms with Crippen LogP contribution < -0.4 is 5.32 Å². The Morgan fingerprint density at radius 3 is 2.40 bits per heavy atom. The van der Waals surface area contributed by atoms with E-state index in [2.05, 4.69) is 5.32 Å². The van der Waals surface area contributed by atoms with Crippen LogP contribution in [-0.2, 0) is 11.2 Å². The van der Waals surface area contributed by atoms with Crippen LogP contribution >= 0.6 is 34.8 Å². The number of phenolic OH excluding ortho intramolecular Hbond substituents is 1. The van der Waals surface area contributed by atoms with Crippen LogP contribution in [-0.4, -0.2) is 11.0 Å². The Hall–Kier alpha value is -1.42. The zero-order valence-corrected chi connectivity index (χ0v) is 12.4. The van der Waals surface area contributed by atoms with Gasteiger partial charge in [0.25, 0.3) is 0 Å². The first-order valence-corrected chi connectivity index (χ1v) is 6.82. The fourth-order valence-corrected chi connectivity index (χ4v) is 2.37. The zero-order valence-electron chi connectivity index (χ0n) is 10.2. The number of amides is 1. The fraction of sp³-hybridized carbons (Fsp3) is 0.0714. The molecule has 0 aromatic heterocycles. The van der Waals surface area contributed by atoms with E-state index in [-0.39, 0.29) is 23.8 Å². The lowest BCUT2D eigenvalue weighted by molar-refractivity contribution is -0.115. The number of phenols is 1. The lowest BCUT2D eigenvalue weighted by Crippen LogP contribution is -2.15. The Morgan fingerprint density at radius 1 is 1.10 bits per heavy atom. The third kappa shape index (κ3) is 3.57. The van der Waals surface area contributed by atoms with Crippen molar-refractivity contribution >= 4 is 46.4 Å². The zero-order chi connectivity index (χ0) is 14.7. The molecule has 0 saturated carbocycles. The van der Waals surface area contributed by atoms with Crippen LogP contribution in [0.5, 0.6) is 5.75 Å². The summed E-state index contributed by atoms with van der Waals surface area (Å²) < 4.78 is 0. The first-order valence-electron chi connectivity index (χ1n) is 5.68. The van der Waals surface area contributed by atoms with Crippen LogP contribution in [0.3, 0.4) is 0 Å². The largest absolute Gasteiger partial charge is 0.506 e. The molecular formula is C14H10Cl3NO2. The molecule has 2 rings (SSSR count). The number of hydrogen-bond donors (Lipinski definition) is 2. The summed E-state index contributed by atoms with van der Waals surface area (Å²) in [5.41, 5.74) is 0.778. The summed E-state index contributed by atoms with van der Waals surface area (Å²) >= 11 is 17.8. The first kappa shape index (κ1) is 15.0. The van der Waals surface area contributed by atoms with Crippen LogP contribution in [0.1, 0.15) is 5.56 Å². The molecule has 104 valence electrons. The third-order valence-electron chi connectivity index (χ3n) is 2.63. The lowest BCUT2D eigenvalue weighted by atomic mass is 10.1. The molecule has 0 unspecified atom stereocenters. The molecule has 6 heteroatoms. The lowest BCUT2D eigenvalue weighted by Gasteiger charge is -2.09. The Kier molecular flexibility index (Phi) is 4.76. The van der Waals surface area contributed by atoms with Gasteiger partial charge in [-0.2, -0.15) is 0 Å². The summed E-state index contributed by atoms with van der Waals surface area (Å²) in [6.45, 7) is 0. The van der Waals surface area contributed by atoms with Crippen LogP contribution in [0.2, 0.25) is 15.1 Å². The van der Waals surface area contributed by atoms with Gasteiger partial charge in [0.1, 0.15) is 5.75 Å². The van der Waals surface area contributed by atoms with Crippen molar-refractivity contribution in [3.05, 3.63) is 57.0 Å². The summed E-state index contributed by atoms with van der Waals surface area (Å²) in [4.78, 5) is 12.0. The van der Waals surface area contributed by atoms with Gasteiger partial charge in [-0.05, 0) is 35.9 Å². The van der Waals surface area contributed by atoms with E-state index in [0.29, 0.717) is 20.6 Å². The van der Waals surface area contributed by atoms with Crippen molar-refractivity contribution in [2.75, 3.05) is 5.32 Å². The molecule has 0 spiro atoms. The van der Waals surface area contributed by atoms with Gasteiger partial charge in [0.05, 0.1) is 12.1 Å². The van der Waals surface area contributed by atoms with Crippen LogP contribution in [0.4, 0.5) is 5.69 Å². The topological polar surface area (TPSA) is 49.3 Å². The smallest absolute Gasteiger partial charge is 0.229 e. The quantitative estimate of drug-likeness (QED) is 0.812. The Labute approximate surface area is 131 Å². The highest BCUT2D eigenvalue weighted by Crippen LogP contribution is 2.28. The van der Waals surface area contributed by atoms with E-state index in [4.69, 9.17) is 34.8 Å². The molecular weight excluding hydrogens is 321 g/mol. The van der Waals surface area contributed by atoms with Crippen molar-refractivity contribution < 1.29 is 9.90 Å². The van der Waals surface area contributed by atoms with Gasteiger partial charge in [-0.25, -0.2) is 0 Å². The normalized spacial score (nSPS) is 10.3. The Bertz CT molecular complexity index is 639. The van der Waals surface area contributed by atoms with E-state index < -0.39 is 0 Å². The Balaban J connectivity index is 2.15. The first-order chi connectivity index (χ1) is 9.47. The second kappa shape index (κ2) is 6.35. The molecule has 1 amide bonds. The van der Waals surface area contributed by atoms with Crippen LogP contribution in [0, 0.1) is 0 Å². The maximum atomic E-state index is 12.0. The fourth-order valence-electron chi connectivity index (χ4n) is 1.66. The summed E-state index contributed by atoms with van der Waals surface area (Å²) in [6.07, 6.45) is 0.00442. The second-order valence-corrected chi connectivity index (χ2v) is 5.34. The van der Waals surface area contributed by atoms with Crippen LogP contribution in [0.15, 0.2) is 36.4 Å². The number of anilines is 1. The van der Waals surface area contributed by atoms with Gasteiger partial charge in [0.15, 0.2) is 0 Å². The number of rotatable bonds is 3. The minimum atomic E-state index is -0.349. The van der Waals surface area contributed by atoms with Gasteiger partial charge in [0.2, 0.25) is 5.91 Å². The van der Waals surface area contributed by atoms with Gasteiger partial charge in [0, 0.05) is 15.1 Å². The molecule has 2 aromatic rings. The predicted octanol–water partition coefficient (Wildman–Crippen LogP) is 4.53. The van der Waals surface area contributed by atoms with E-state index in [0.717, 1.165) is 0 Å². The van der Waals surface area contributed by atoms with Gasteiger partial charge >= 0.3 is 0 Å². The van der Waals surface area contributed by atoms with Crippen LogP contribution in [0.25, 0.3) is 0 Å². The molecule has 0 aliphatic rings. The van der Waals surface area contributed by atoms with E-state index >= 15 is 0 Å². The summed E-state index contributed by atoms with van der Waals surface area (Å²) in [5.74, 6) is -0.412. The molecule has 20 heavy (non-hydrogen) atoms. The number of carbonyl (C=O) groups excluding carboxylic acids is 1. The maximum Gasteiger partial charge on any atom is 0.229 e. The number of carbonyl (C=O) groups is 1. The minimum absolute atomic E-state index is 0.00442. The van der Waals surface area contributed by atoms with Crippen molar-refractivity contribution in [2.24, 2.45) is 0 Å². The molecule has 0 aliphatic heterocycles. The maximum absolute atomic E-state index is 12.0. The van der Waals surface area contributed by atoms with Gasteiger partial charge < -0.3 is 10.4 Å². The number of nitrogens with one attached hydrogen (secondary N) is 1. The SMILES string of the molecule is O=C(Cc1c(Cl)cccc1Cl)Nc1cc(Cl)ccc1O. The molecule has 0 fully saturated rings.